The van der Waals surface area contributed by atoms with E-state index in [9.17, 15) is 20.2 Å². The van der Waals surface area contributed by atoms with Crippen LogP contribution in [0.1, 0.15) is 0 Å². The molecule has 1 aliphatic heterocycles. The van der Waals surface area contributed by atoms with Crippen LogP contribution in [0.5, 0.6) is 5.75 Å². The zero-order chi connectivity index (χ0) is 26.2. The van der Waals surface area contributed by atoms with Crippen molar-refractivity contribution in [3.8, 4) is 5.75 Å². The highest BCUT2D eigenvalue weighted by Crippen LogP contribution is 2.29. The van der Waals surface area contributed by atoms with E-state index in [2.05, 4.69) is 25.0 Å². The summed E-state index contributed by atoms with van der Waals surface area (Å²) >= 11 is 0. The van der Waals surface area contributed by atoms with Crippen molar-refractivity contribution in [1.82, 2.24) is 9.88 Å². The Balaban J connectivity index is 2.22. The van der Waals surface area contributed by atoms with Gasteiger partial charge in [0.1, 0.15) is 12.8 Å². The fourth-order valence-electron chi connectivity index (χ4n) is 2.93. The average molecular weight is 506 g/mol. The second kappa shape index (κ2) is 14.7. The first-order valence-corrected chi connectivity index (χ1v) is 10.3. The van der Waals surface area contributed by atoms with Gasteiger partial charge < -0.3 is 24.3 Å². The second-order valence-electron chi connectivity index (χ2n) is 6.61. The molecule has 1 aliphatic rings. The van der Waals surface area contributed by atoms with Gasteiger partial charge in [-0.1, -0.05) is 16.3 Å². The van der Waals surface area contributed by atoms with Crippen molar-refractivity contribution in [3.63, 3.8) is 0 Å². The Morgan fingerprint density at radius 3 is 2.56 bits per heavy atom. The summed E-state index contributed by atoms with van der Waals surface area (Å²) in [7, 11) is 0. The summed E-state index contributed by atoms with van der Waals surface area (Å²) in [5, 5.41) is 30.1. The molecule has 36 heavy (non-hydrogen) atoms. The van der Waals surface area contributed by atoms with Crippen molar-refractivity contribution < 1.29 is 28.8 Å². The maximum atomic E-state index is 12.2. The first-order chi connectivity index (χ1) is 17.5. The number of pyridine rings is 1. The maximum Gasteiger partial charge on any atom is 0.432 e. The first kappa shape index (κ1) is 27.8. The van der Waals surface area contributed by atoms with E-state index in [-0.39, 0.29) is 45.3 Å². The van der Waals surface area contributed by atoms with Gasteiger partial charge in [-0.05, 0) is 39.2 Å². The van der Waals surface area contributed by atoms with Gasteiger partial charge in [0.2, 0.25) is 5.75 Å². The topological polar surface area (TPSA) is 237 Å². The smallest absolute Gasteiger partial charge is 0.432 e. The summed E-state index contributed by atoms with van der Waals surface area (Å²) in [4.78, 5) is 32.0. The van der Waals surface area contributed by atoms with Crippen molar-refractivity contribution in [2.45, 2.75) is 12.1 Å². The Labute approximate surface area is 203 Å². The van der Waals surface area contributed by atoms with Gasteiger partial charge >= 0.3 is 11.7 Å². The van der Waals surface area contributed by atoms with Gasteiger partial charge in [0, 0.05) is 35.2 Å². The third kappa shape index (κ3) is 7.79. The minimum Gasteiger partial charge on any atom is -0.481 e. The molecule has 2 atom stereocenters. The first-order valence-electron chi connectivity index (χ1n) is 10.3. The van der Waals surface area contributed by atoms with Gasteiger partial charge in [0.15, 0.2) is 6.23 Å². The third-order valence-electron chi connectivity index (χ3n) is 4.42. The number of azide groups is 2. The largest absolute Gasteiger partial charge is 0.481 e. The van der Waals surface area contributed by atoms with Crippen molar-refractivity contribution in [1.29, 1.82) is 0 Å². The molecule has 2 heterocycles. The third-order valence-corrected chi connectivity index (χ3v) is 4.42. The molecule has 192 valence electrons. The summed E-state index contributed by atoms with van der Waals surface area (Å²) in [6.45, 7) is -0.709. The highest BCUT2D eigenvalue weighted by molar-refractivity contribution is 5.38. The molecule has 1 aromatic heterocycles. The van der Waals surface area contributed by atoms with E-state index in [1.807, 2.05) is 0 Å². The van der Waals surface area contributed by atoms with E-state index in [1.54, 1.807) is 0 Å². The lowest BCUT2D eigenvalue weighted by molar-refractivity contribution is -0.648. The molecule has 0 saturated heterocycles. The summed E-state index contributed by atoms with van der Waals surface area (Å²) in [5.41, 5.74) is 16.8. The molecule has 2 rings (SSSR count). The van der Waals surface area contributed by atoms with Crippen LogP contribution in [0.15, 0.2) is 53.0 Å². The Hall–Kier alpha value is -4.47. The molecular formula is C18H22N10O8. The number of nitro groups is 2. The minimum absolute atomic E-state index is 0.0390. The van der Waals surface area contributed by atoms with Crippen molar-refractivity contribution in [2.24, 2.45) is 10.2 Å². The van der Waals surface area contributed by atoms with E-state index in [4.69, 9.17) is 30.0 Å². The van der Waals surface area contributed by atoms with Gasteiger partial charge in [-0.15, -0.1) is 0 Å². The van der Waals surface area contributed by atoms with Crippen LogP contribution in [0, 0.1) is 20.2 Å². The molecule has 0 aromatic carbocycles. The van der Waals surface area contributed by atoms with Crippen LogP contribution in [-0.4, -0.2) is 77.9 Å². The molecule has 0 N–H and O–H groups in total. The number of allylic oxidation sites excluding steroid dienone is 2. The van der Waals surface area contributed by atoms with Gasteiger partial charge in [-0.3, -0.25) is 19.8 Å². The van der Waals surface area contributed by atoms with Crippen LogP contribution in [0.25, 0.3) is 20.9 Å². The van der Waals surface area contributed by atoms with Gasteiger partial charge in [-0.2, -0.15) is 0 Å². The predicted molar refractivity (Wildman–Crippen MR) is 121 cm³/mol. The lowest BCUT2D eigenvalue weighted by Crippen LogP contribution is -2.59. The van der Waals surface area contributed by atoms with Gasteiger partial charge in [-0.25, -0.2) is 0 Å². The molecule has 0 bridgehead atoms. The lowest BCUT2D eigenvalue weighted by atomic mass is 10.2. The SMILES string of the molecule is [N-]=[N+]=NCCOCCOC1([N+](=O)[O-])C=CC=CN1C(COc1cccnc1[N+](=O)[O-])OCCN=[N+]=[N-]. The Kier molecular flexibility index (Phi) is 11.4. The van der Waals surface area contributed by atoms with Crippen LogP contribution in [0.4, 0.5) is 5.82 Å². The molecular weight excluding hydrogens is 484 g/mol. The second-order valence-corrected chi connectivity index (χ2v) is 6.61. The maximum absolute atomic E-state index is 12.2. The van der Waals surface area contributed by atoms with Crippen LogP contribution in [0.3, 0.4) is 0 Å². The number of rotatable bonds is 17. The van der Waals surface area contributed by atoms with Crippen LogP contribution in [0.2, 0.25) is 0 Å². The monoisotopic (exact) mass is 506 g/mol. The zero-order valence-electron chi connectivity index (χ0n) is 18.8. The summed E-state index contributed by atoms with van der Waals surface area (Å²) in [6, 6.07) is 2.74. The fraction of sp³-hybridized carbons (Fsp3) is 0.500. The predicted octanol–water partition coefficient (Wildman–Crippen LogP) is 2.68. The average Bonchev–Trinajstić information content (AvgIpc) is 2.88. The Bertz CT molecular complexity index is 1060. The van der Waals surface area contributed by atoms with Crippen molar-refractivity contribution >= 4 is 5.82 Å². The molecule has 18 heteroatoms. The Morgan fingerprint density at radius 2 is 1.86 bits per heavy atom. The number of ether oxygens (including phenoxy) is 4. The molecule has 0 radical (unpaired) electrons. The van der Waals surface area contributed by atoms with E-state index in [0.29, 0.717) is 0 Å². The van der Waals surface area contributed by atoms with E-state index in [0.717, 1.165) is 4.90 Å². The van der Waals surface area contributed by atoms with Crippen LogP contribution in [-0.2, 0) is 14.2 Å². The van der Waals surface area contributed by atoms with E-state index < -0.39 is 34.3 Å². The number of nitrogens with zero attached hydrogens (tertiary/aromatic N) is 10. The minimum atomic E-state index is -2.24. The van der Waals surface area contributed by atoms with Crippen molar-refractivity contribution in [2.75, 3.05) is 46.1 Å². The summed E-state index contributed by atoms with van der Waals surface area (Å²) < 4.78 is 22.1. The van der Waals surface area contributed by atoms with E-state index in [1.165, 1.54) is 42.8 Å². The molecule has 0 saturated carbocycles. The Morgan fingerprint density at radius 1 is 1.11 bits per heavy atom. The lowest BCUT2D eigenvalue weighted by Gasteiger charge is -2.38. The fourth-order valence-corrected chi connectivity index (χ4v) is 2.93. The molecule has 0 fully saturated rings. The molecule has 1 aromatic rings. The van der Waals surface area contributed by atoms with Crippen LogP contribution < -0.4 is 4.74 Å². The number of aromatic nitrogens is 1. The molecule has 0 spiro atoms. The quantitative estimate of drug-likeness (QED) is 0.0569. The number of hydrogen-bond donors (Lipinski definition) is 0. The molecule has 2 unspecified atom stereocenters. The highest BCUT2D eigenvalue weighted by atomic mass is 16.7. The highest BCUT2D eigenvalue weighted by Gasteiger charge is 2.51. The molecule has 18 nitrogen and oxygen atoms in total. The number of hydrogen-bond acceptors (Lipinski definition) is 12. The standard InChI is InChI=1S/C18H22N10O8/c19-24-22-7-10-33-12-13-36-18(28(31)32)5-1-2-9-26(18)16(34-11-8-23-25-20)14-35-15-4-3-6-21-17(15)27(29)30/h1-6,9,16H,7-8,10-14H2. The van der Waals surface area contributed by atoms with Crippen LogP contribution >= 0.6 is 0 Å². The van der Waals surface area contributed by atoms with E-state index >= 15 is 0 Å². The van der Waals surface area contributed by atoms with Gasteiger partial charge in [0.25, 0.3) is 0 Å². The molecule has 0 amide bonds. The van der Waals surface area contributed by atoms with Crippen molar-refractivity contribution in [3.05, 3.63) is 83.9 Å². The normalized spacial score (nSPS) is 17.1. The summed E-state index contributed by atoms with van der Waals surface area (Å²) in [6.07, 6.45) is 5.44. The molecule has 0 aliphatic carbocycles. The summed E-state index contributed by atoms with van der Waals surface area (Å²) in [5.74, 6) is -2.96. The van der Waals surface area contributed by atoms with Gasteiger partial charge in [0.05, 0.1) is 31.4 Å². The zero-order valence-corrected chi connectivity index (χ0v) is 18.8.